The summed E-state index contributed by atoms with van der Waals surface area (Å²) in [5.74, 6) is 0.268. The molecule has 0 aliphatic heterocycles. The molecule has 0 fully saturated rings. The average molecular weight is 166 g/mol. The summed E-state index contributed by atoms with van der Waals surface area (Å²) in [7, 11) is -3.73. The van der Waals surface area contributed by atoms with Gasteiger partial charge in [-0.15, -0.1) is 0 Å². The van der Waals surface area contributed by atoms with E-state index in [0.717, 1.165) is 6.42 Å². The normalized spacial score (nSPS) is 15.1. The highest BCUT2D eigenvalue weighted by Gasteiger charge is 2.06. The van der Waals surface area contributed by atoms with E-state index >= 15 is 0 Å². The molecule has 3 nitrogen and oxygen atoms in total. The van der Waals surface area contributed by atoms with Gasteiger partial charge in [-0.25, -0.2) is 0 Å². The van der Waals surface area contributed by atoms with Crippen LogP contribution in [0.25, 0.3) is 0 Å². The van der Waals surface area contributed by atoms with E-state index in [-0.39, 0.29) is 5.75 Å². The molecular formula is C6H14O3S. The van der Waals surface area contributed by atoms with Crippen LogP contribution in [0.5, 0.6) is 0 Å². The average Bonchev–Trinajstić information content (AvgIpc) is 1.81. The van der Waals surface area contributed by atoms with Crippen LogP contribution in [-0.4, -0.2) is 18.7 Å². The van der Waals surface area contributed by atoms with Gasteiger partial charge >= 0.3 is 0 Å². The van der Waals surface area contributed by atoms with Crippen LogP contribution in [0.15, 0.2) is 0 Å². The second kappa shape index (κ2) is 3.93. The second-order valence-electron chi connectivity index (χ2n) is 2.59. The predicted octanol–water partition coefficient (Wildman–Crippen LogP) is 1.31. The summed E-state index contributed by atoms with van der Waals surface area (Å²) in [4.78, 5) is 0. The van der Waals surface area contributed by atoms with Gasteiger partial charge in [-0.05, 0) is 12.3 Å². The fraction of sp³-hybridized carbons (Fsp3) is 1.00. The van der Waals surface area contributed by atoms with Crippen molar-refractivity contribution in [1.82, 2.24) is 0 Å². The molecule has 0 aliphatic carbocycles. The van der Waals surface area contributed by atoms with Gasteiger partial charge < -0.3 is 0 Å². The van der Waals surface area contributed by atoms with Gasteiger partial charge in [0.1, 0.15) is 0 Å². The van der Waals surface area contributed by atoms with E-state index in [2.05, 4.69) is 0 Å². The van der Waals surface area contributed by atoms with Gasteiger partial charge in [-0.1, -0.05) is 20.3 Å². The van der Waals surface area contributed by atoms with Crippen molar-refractivity contribution < 1.29 is 13.0 Å². The summed E-state index contributed by atoms with van der Waals surface area (Å²) in [6, 6.07) is 0. The molecule has 1 N–H and O–H groups in total. The Labute approximate surface area is 62.2 Å². The zero-order valence-corrected chi connectivity index (χ0v) is 7.19. The zero-order valence-electron chi connectivity index (χ0n) is 6.37. The molecule has 0 aliphatic rings. The highest BCUT2D eigenvalue weighted by Crippen LogP contribution is 2.06. The quantitative estimate of drug-likeness (QED) is 0.641. The number of hydrogen-bond acceptors (Lipinski definition) is 2. The van der Waals surface area contributed by atoms with E-state index in [1.807, 2.05) is 13.8 Å². The molecule has 0 amide bonds. The maximum Gasteiger partial charge on any atom is 0.264 e. The van der Waals surface area contributed by atoms with E-state index in [0.29, 0.717) is 12.3 Å². The Morgan fingerprint density at radius 1 is 1.50 bits per heavy atom. The molecule has 0 radical (unpaired) electrons. The SMILES string of the molecule is CCC(C)CCS(=O)(=O)O. The molecule has 0 heterocycles. The molecule has 0 saturated heterocycles. The van der Waals surface area contributed by atoms with Crippen molar-refractivity contribution in [3.05, 3.63) is 0 Å². The molecule has 0 bridgehead atoms. The smallest absolute Gasteiger partial charge is 0.264 e. The second-order valence-corrected chi connectivity index (χ2v) is 4.16. The van der Waals surface area contributed by atoms with Crippen LogP contribution in [0, 0.1) is 5.92 Å². The summed E-state index contributed by atoms with van der Waals surface area (Å²) in [5, 5.41) is 0. The minimum Gasteiger partial charge on any atom is -0.286 e. The van der Waals surface area contributed by atoms with E-state index in [9.17, 15) is 8.42 Å². The first-order valence-corrected chi connectivity index (χ1v) is 5.01. The van der Waals surface area contributed by atoms with Gasteiger partial charge in [0.2, 0.25) is 0 Å². The van der Waals surface area contributed by atoms with Crippen LogP contribution in [0.3, 0.4) is 0 Å². The predicted molar refractivity (Wildman–Crippen MR) is 40.5 cm³/mol. The van der Waals surface area contributed by atoms with E-state index in [1.54, 1.807) is 0 Å². The molecule has 4 heteroatoms. The van der Waals surface area contributed by atoms with Gasteiger partial charge in [0, 0.05) is 0 Å². The van der Waals surface area contributed by atoms with Gasteiger partial charge in [0.15, 0.2) is 0 Å². The van der Waals surface area contributed by atoms with E-state index < -0.39 is 10.1 Å². The Bertz CT molecular complexity index is 171. The molecule has 1 atom stereocenters. The van der Waals surface area contributed by atoms with Crippen molar-refractivity contribution in [2.45, 2.75) is 26.7 Å². The molecule has 0 rings (SSSR count). The molecule has 62 valence electrons. The van der Waals surface area contributed by atoms with Gasteiger partial charge in [0.25, 0.3) is 10.1 Å². The van der Waals surface area contributed by atoms with Crippen LogP contribution < -0.4 is 0 Å². The lowest BCUT2D eigenvalue weighted by Crippen LogP contribution is -2.07. The van der Waals surface area contributed by atoms with Crippen LogP contribution in [0.1, 0.15) is 26.7 Å². The maximum atomic E-state index is 10.2. The molecule has 0 spiro atoms. The topological polar surface area (TPSA) is 54.4 Å². The molecule has 0 aromatic heterocycles. The largest absolute Gasteiger partial charge is 0.286 e. The molecule has 10 heavy (non-hydrogen) atoms. The van der Waals surface area contributed by atoms with Crippen LogP contribution >= 0.6 is 0 Å². The van der Waals surface area contributed by atoms with Gasteiger partial charge in [0.05, 0.1) is 5.75 Å². The Hall–Kier alpha value is -0.0900. The molecule has 0 saturated carbocycles. The Balaban J connectivity index is 3.56. The van der Waals surface area contributed by atoms with Crippen molar-refractivity contribution in [2.24, 2.45) is 5.92 Å². The lowest BCUT2D eigenvalue weighted by molar-refractivity contribution is 0.467. The monoisotopic (exact) mass is 166 g/mol. The molecular weight excluding hydrogens is 152 g/mol. The third-order valence-corrected chi connectivity index (χ3v) is 2.32. The zero-order chi connectivity index (χ0) is 8.20. The third-order valence-electron chi connectivity index (χ3n) is 1.57. The van der Waals surface area contributed by atoms with Gasteiger partial charge in [-0.2, -0.15) is 8.42 Å². The van der Waals surface area contributed by atoms with Crippen molar-refractivity contribution in [3.63, 3.8) is 0 Å². The molecule has 0 aromatic carbocycles. The Morgan fingerprint density at radius 3 is 2.30 bits per heavy atom. The molecule has 0 aromatic rings. The maximum absolute atomic E-state index is 10.2. The van der Waals surface area contributed by atoms with Crippen molar-refractivity contribution in [3.8, 4) is 0 Å². The van der Waals surface area contributed by atoms with E-state index in [4.69, 9.17) is 4.55 Å². The fourth-order valence-corrected chi connectivity index (χ4v) is 1.25. The first kappa shape index (κ1) is 9.91. The van der Waals surface area contributed by atoms with Crippen LogP contribution in [-0.2, 0) is 10.1 Å². The fourth-order valence-electron chi connectivity index (χ4n) is 0.554. The summed E-state index contributed by atoms with van der Waals surface area (Å²) >= 11 is 0. The minimum absolute atomic E-state index is 0.109. The number of hydrogen-bond donors (Lipinski definition) is 1. The van der Waals surface area contributed by atoms with E-state index in [1.165, 1.54) is 0 Å². The van der Waals surface area contributed by atoms with Crippen molar-refractivity contribution >= 4 is 10.1 Å². The summed E-state index contributed by atoms with van der Waals surface area (Å²) in [5.41, 5.74) is 0. The summed E-state index contributed by atoms with van der Waals surface area (Å²) in [6.45, 7) is 3.96. The Morgan fingerprint density at radius 2 is 2.00 bits per heavy atom. The highest BCUT2D eigenvalue weighted by atomic mass is 32.2. The summed E-state index contributed by atoms with van der Waals surface area (Å²) < 4.78 is 28.7. The van der Waals surface area contributed by atoms with Crippen LogP contribution in [0.2, 0.25) is 0 Å². The first-order chi connectivity index (χ1) is 4.45. The lowest BCUT2D eigenvalue weighted by Gasteiger charge is -2.04. The van der Waals surface area contributed by atoms with Gasteiger partial charge in [-0.3, -0.25) is 4.55 Å². The number of rotatable bonds is 4. The standard InChI is InChI=1S/C6H14O3S/c1-3-6(2)4-5-10(7,8)9/h6H,3-5H2,1-2H3,(H,7,8,9). The Kier molecular flexibility index (Phi) is 3.89. The summed E-state index contributed by atoms with van der Waals surface area (Å²) in [6.07, 6.45) is 1.50. The first-order valence-electron chi connectivity index (χ1n) is 3.41. The van der Waals surface area contributed by atoms with Crippen LogP contribution in [0.4, 0.5) is 0 Å². The minimum atomic E-state index is -3.73. The molecule has 1 unspecified atom stereocenters. The third kappa shape index (κ3) is 6.04. The van der Waals surface area contributed by atoms with Crippen molar-refractivity contribution in [1.29, 1.82) is 0 Å². The lowest BCUT2D eigenvalue weighted by atomic mass is 10.1. The van der Waals surface area contributed by atoms with Crippen molar-refractivity contribution in [2.75, 3.05) is 5.75 Å². The highest BCUT2D eigenvalue weighted by molar-refractivity contribution is 7.85.